The molecule has 2 aromatic heterocycles. The average Bonchev–Trinajstić information content (AvgIpc) is 2.66. The van der Waals surface area contributed by atoms with Crippen molar-refractivity contribution in [3.05, 3.63) is 65.5 Å². The van der Waals surface area contributed by atoms with E-state index in [2.05, 4.69) is 30.5 Å². The van der Waals surface area contributed by atoms with Gasteiger partial charge in [-0.15, -0.1) is 10.2 Å². The van der Waals surface area contributed by atoms with Crippen molar-refractivity contribution in [2.75, 3.05) is 23.7 Å². The summed E-state index contributed by atoms with van der Waals surface area (Å²) in [5.41, 5.74) is 3.39. The Morgan fingerprint density at radius 3 is 2.10 bits per heavy atom. The Hall–Kier alpha value is -3.04. The predicted molar refractivity (Wildman–Crippen MR) is 114 cm³/mol. The van der Waals surface area contributed by atoms with Gasteiger partial charge in [0.25, 0.3) is 0 Å². The Kier molecular flexibility index (Phi) is 6.40. The molecular formula is C20H24N6O2S. The lowest BCUT2D eigenvalue weighted by molar-refractivity contribution is 0.581. The Balaban J connectivity index is 1.52. The van der Waals surface area contributed by atoms with E-state index in [1.54, 1.807) is 24.5 Å². The number of anilines is 3. The summed E-state index contributed by atoms with van der Waals surface area (Å²) in [4.78, 5) is 4.30. The number of pyridine rings is 1. The van der Waals surface area contributed by atoms with Gasteiger partial charge in [-0.2, -0.15) is 0 Å². The zero-order chi connectivity index (χ0) is 20.9. The van der Waals surface area contributed by atoms with E-state index in [0.717, 1.165) is 22.4 Å². The molecule has 152 valence electrons. The zero-order valence-electron chi connectivity index (χ0n) is 16.6. The van der Waals surface area contributed by atoms with Crippen LogP contribution in [-0.4, -0.2) is 36.7 Å². The highest BCUT2D eigenvalue weighted by Crippen LogP contribution is 2.21. The van der Waals surface area contributed by atoms with E-state index in [0.29, 0.717) is 23.1 Å². The van der Waals surface area contributed by atoms with Gasteiger partial charge in [0.05, 0.1) is 4.90 Å². The Labute approximate surface area is 170 Å². The SMILES string of the molecule is Cc1cc(C)c(S(=O)(=O)NCCNc2ccc(Nc3ccncc3)nn2)c(C)c1. The fraction of sp³-hybridized carbons (Fsp3) is 0.250. The largest absolute Gasteiger partial charge is 0.367 e. The van der Waals surface area contributed by atoms with Crippen LogP contribution in [-0.2, 0) is 10.0 Å². The monoisotopic (exact) mass is 412 g/mol. The van der Waals surface area contributed by atoms with Gasteiger partial charge >= 0.3 is 0 Å². The summed E-state index contributed by atoms with van der Waals surface area (Å²) < 4.78 is 27.9. The van der Waals surface area contributed by atoms with Gasteiger partial charge in [0.1, 0.15) is 5.82 Å². The second kappa shape index (κ2) is 8.97. The molecule has 3 N–H and O–H groups in total. The van der Waals surface area contributed by atoms with Crippen molar-refractivity contribution in [3.8, 4) is 0 Å². The van der Waals surface area contributed by atoms with E-state index in [-0.39, 0.29) is 6.54 Å². The van der Waals surface area contributed by atoms with Crippen LogP contribution in [0, 0.1) is 20.8 Å². The molecule has 0 aliphatic rings. The third-order valence-corrected chi connectivity index (χ3v) is 5.98. The smallest absolute Gasteiger partial charge is 0.241 e. The van der Waals surface area contributed by atoms with Crippen LogP contribution in [0.5, 0.6) is 0 Å². The van der Waals surface area contributed by atoms with Crippen molar-refractivity contribution < 1.29 is 8.42 Å². The summed E-state index contributed by atoms with van der Waals surface area (Å²) in [6, 6.07) is 11.0. The molecule has 0 atom stereocenters. The first-order valence-corrected chi connectivity index (χ1v) is 10.7. The Bertz CT molecular complexity index is 1050. The number of benzene rings is 1. The number of rotatable bonds is 8. The van der Waals surface area contributed by atoms with Gasteiger partial charge in [0.2, 0.25) is 10.0 Å². The van der Waals surface area contributed by atoms with E-state index >= 15 is 0 Å². The first-order chi connectivity index (χ1) is 13.8. The van der Waals surface area contributed by atoms with Crippen molar-refractivity contribution in [2.45, 2.75) is 25.7 Å². The van der Waals surface area contributed by atoms with Crippen LogP contribution in [0.3, 0.4) is 0 Å². The van der Waals surface area contributed by atoms with Gasteiger partial charge in [-0.1, -0.05) is 17.7 Å². The number of sulfonamides is 1. The third kappa shape index (κ3) is 5.49. The normalized spacial score (nSPS) is 11.3. The highest BCUT2D eigenvalue weighted by molar-refractivity contribution is 7.89. The lowest BCUT2D eigenvalue weighted by Crippen LogP contribution is -2.30. The van der Waals surface area contributed by atoms with Gasteiger partial charge in [-0.25, -0.2) is 13.1 Å². The van der Waals surface area contributed by atoms with Crippen molar-refractivity contribution in [1.82, 2.24) is 19.9 Å². The maximum atomic E-state index is 12.6. The fourth-order valence-electron chi connectivity index (χ4n) is 3.12. The fourth-order valence-corrected chi connectivity index (χ4v) is 4.60. The molecule has 0 aliphatic carbocycles. The molecule has 0 fully saturated rings. The zero-order valence-corrected chi connectivity index (χ0v) is 17.4. The van der Waals surface area contributed by atoms with Crippen LogP contribution in [0.4, 0.5) is 17.3 Å². The molecule has 0 amide bonds. The van der Waals surface area contributed by atoms with Crippen LogP contribution in [0.25, 0.3) is 0 Å². The van der Waals surface area contributed by atoms with Gasteiger partial charge in [0.15, 0.2) is 5.82 Å². The first kappa shape index (κ1) is 20.7. The van der Waals surface area contributed by atoms with Gasteiger partial charge < -0.3 is 10.6 Å². The first-order valence-electron chi connectivity index (χ1n) is 9.17. The standard InChI is InChI=1S/C20H24N6O2S/c1-14-12-15(2)20(16(3)13-14)29(27,28)23-11-10-22-18-4-5-19(26-25-18)24-17-6-8-21-9-7-17/h4-9,12-13,23H,10-11H2,1-3H3,(H,22,25)(H,21,24,26). The van der Waals surface area contributed by atoms with Crippen molar-refractivity contribution in [3.63, 3.8) is 0 Å². The number of nitrogens with zero attached hydrogens (tertiary/aromatic N) is 3. The topological polar surface area (TPSA) is 109 Å². The van der Waals surface area contributed by atoms with Gasteiger partial charge in [-0.3, -0.25) is 4.98 Å². The number of nitrogens with one attached hydrogen (secondary N) is 3. The molecule has 2 heterocycles. The minimum absolute atomic E-state index is 0.230. The summed E-state index contributed by atoms with van der Waals surface area (Å²) in [6.07, 6.45) is 3.37. The van der Waals surface area contributed by atoms with E-state index in [4.69, 9.17) is 0 Å². The minimum Gasteiger partial charge on any atom is -0.367 e. The second-order valence-electron chi connectivity index (χ2n) is 6.72. The van der Waals surface area contributed by atoms with Gasteiger partial charge in [0, 0.05) is 31.2 Å². The summed E-state index contributed by atoms with van der Waals surface area (Å²) in [6.45, 7) is 6.18. The molecular weight excluding hydrogens is 388 g/mol. The molecule has 0 bridgehead atoms. The van der Waals surface area contributed by atoms with E-state index in [1.165, 1.54) is 0 Å². The molecule has 0 saturated carbocycles. The van der Waals surface area contributed by atoms with Crippen LogP contribution in [0.1, 0.15) is 16.7 Å². The van der Waals surface area contributed by atoms with Crippen molar-refractivity contribution in [1.29, 1.82) is 0 Å². The molecule has 3 aromatic rings. The molecule has 0 aliphatic heterocycles. The maximum Gasteiger partial charge on any atom is 0.241 e. The molecule has 8 nitrogen and oxygen atoms in total. The van der Waals surface area contributed by atoms with Crippen molar-refractivity contribution >= 4 is 27.3 Å². The summed E-state index contributed by atoms with van der Waals surface area (Å²) >= 11 is 0. The van der Waals surface area contributed by atoms with Crippen molar-refractivity contribution in [2.24, 2.45) is 0 Å². The Morgan fingerprint density at radius 2 is 1.48 bits per heavy atom. The summed E-state index contributed by atoms with van der Waals surface area (Å²) in [7, 11) is -3.58. The van der Waals surface area contributed by atoms with Crippen LogP contribution in [0.15, 0.2) is 53.7 Å². The highest BCUT2D eigenvalue weighted by Gasteiger charge is 2.19. The van der Waals surface area contributed by atoms with Crippen LogP contribution in [0.2, 0.25) is 0 Å². The van der Waals surface area contributed by atoms with E-state index in [1.807, 2.05) is 45.0 Å². The summed E-state index contributed by atoms with van der Waals surface area (Å²) in [5, 5.41) is 14.4. The average molecular weight is 413 g/mol. The number of aryl methyl sites for hydroxylation is 3. The molecule has 1 aromatic carbocycles. The molecule has 0 spiro atoms. The molecule has 0 radical (unpaired) electrons. The third-order valence-electron chi connectivity index (χ3n) is 4.21. The number of hydrogen-bond donors (Lipinski definition) is 3. The molecule has 29 heavy (non-hydrogen) atoms. The number of hydrogen-bond acceptors (Lipinski definition) is 7. The predicted octanol–water partition coefficient (Wildman–Crippen LogP) is 2.93. The molecule has 0 unspecified atom stereocenters. The van der Waals surface area contributed by atoms with E-state index in [9.17, 15) is 8.42 Å². The van der Waals surface area contributed by atoms with Crippen LogP contribution < -0.4 is 15.4 Å². The number of aromatic nitrogens is 3. The Morgan fingerprint density at radius 1 is 0.862 bits per heavy atom. The maximum absolute atomic E-state index is 12.6. The van der Waals surface area contributed by atoms with Crippen LogP contribution >= 0.6 is 0 Å². The van der Waals surface area contributed by atoms with Gasteiger partial charge in [-0.05, 0) is 56.2 Å². The molecule has 9 heteroatoms. The second-order valence-corrected chi connectivity index (χ2v) is 8.42. The molecule has 3 rings (SSSR count). The molecule has 0 saturated heterocycles. The highest BCUT2D eigenvalue weighted by atomic mass is 32.2. The van der Waals surface area contributed by atoms with E-state index < -0.39 is 10.0 Å². The minimum atomic E-state index is -3.58. The quantitative estimate of drug-likeness (QED) is 0.488. The lowest BCUT2D eigenvalue weighted by Gasteiger charge is -2.13. The lowest BCUT2D eigenvalue weighted by atomic mass is 10.1. The summed E-state index contributed by atoms with van der Waals surface area (Å²) in [5.74, 6) is 1.17.